The van der Waals surface area contributed by atoms with Gasteiger partial charge in [0.2, 0.25) is 0 Å². The number of nitrogens with one attached hydrogen (secondary N) is 1. The molecule has 0 bridgehead atoms. The molecule has 17 heavy (non-hydrogen) atoms. The maximum atomic E-state index is 12.9. The fraction of sp³-hybridized carbons (Fsp3) is 0.0833. The Bertz CT molecular complexity index is 524. The van der Waals surface area contributed by atoms with Crippen LogP contribution in [0.4, 0.5) is 4.39 Å². The van der Waals surface area contributed by atoms with Gasteiger partial charge in [-0.05, 0) is 29.7 Å². The highest BCUT2D eigenvalue weighted by Gasteiger charge is 2.32. The Balaban J connectivity index is 2.04. The molecule has 0 saturated heterocycles. The minimum absolute atomic E-state index is 0.0373. The molecule has 1 N–H and O–H groups in total. The summed E-state index contributed by atoms with van der Waals surface area (Å²) in [7, 11) is 0. The summed E-state index contributed by atoms with van der Waals surface area (Å²) < 4.78 is 12.9. The van der Waals surface area contributed by atoms with Gasteiger partial charge in [0.05, 0.1) is 5.70 Å². The Morgan fingerprint density at radius 2 is 2.12 bits per heavy atom. The minimum atomic E-state index is -0.283. The molecule has 0 radical (unpaired) electrons. The lowest BCUT2D eigenvalue weighted by molar-refractivity contribution is -0.105. The van der Waals surface area contributed by atoms with Crippen molar-refractivity contribution in [1.82, 2.24) is 10.2 Å². The molecular formula is C12H9FN2OS. The summed E-state index contributed by atoms with van der Waals surface area (Å²) in [5.41, 5.74) is 2.19. The normalized spacial score (nSPS) is 21.7. The van der Waals surface area contributed by atoms with Gasteiger partial charge in [-0.1, -0.05) is 11.8 Å². The third-order valence-corrected chi connectivity index (χ3v) is 3.61. The Kier molecular flexibility index (Phi) is 2.40. The van der Waals surface area contributed by atoms with Crippen molar-refractivity contribution in [3.05, 3.63) is 53.0 Å². The second-order valence-electron chi connectivity index (χ2n) is 3.71. The molecule has 1 unspecified atom stereocenters. The molecule has 0 aliphatic carbocycles. The van der Waals surface area contributed by atoms with Crippen LogP contribution in [0.5, 0.6) is 0 Å². The number of rotatable bonds is 2. The summed E-state index contributed by atoms with van der Waals surface area (Å²) in [5, 5.41) is 5.18. The van der Waals surface area contributed by atoms with Crippen molar-refractivity contribution in [2.24, 2.45) is 0 Å². The molecule has 2 aliphatic rings. The van der Waals surface area contributed by atoms with E-state index >= 15 is 0 Å². The van der Waals surface area contributed by atoms with Crippen molar-refractivity contribution in [3.63, 3.8) is 0 Å². The van der Waals surface area contributed by atoms with Gasteiger partial charge in [0, 0.05) is 11.8 Å². The summed E-state index contributed by atoms with van der Waals surface area (Å²) in [6, 6.07) is 6.10. The highest BCUT2D eigenvalue weighted by Crippen LogP contribution is 2.36. The fourth-order valence-electron chi connectivity index (χ4n) is 1.92. The quantitative estimate of drug-likeness (QED) is 0.812. The maximum absolute atomic E-state index is 12.9. The van der Waals surface area contributed by atoms with Gasteiger partial charge >= 0.3 is 0 Å². The summed E-state index contributed by atoms with van der Waals surface area (Å²) in [5.74, 6) is -0.283. The molecule has 0 aromatic heterocycles. The molecule has 2 heterocycles. The van der Waals surface area contributed by atoms with Crippen LogP contribution in [0.15, 0.2) is 41.6 Å². The van der Waals surface area contributed by atoms with Crippen LogP contribution in [0.3, 0.4) is 0 Å². The Morgan fingerprint density at radius 1 is 1.35 bits per heavy atom. The third kappa shape index (κ3) is 1.63. The van der Waals surface area contributed by atoms with Crippen molar-refractivity contribution in [3.8, 4) is 0 Å². The number of fused-ring (bicyclic) bond motifs is 1. The number of thioether (sulfide) groups is 1. The van der Waals surface area contributed by atoms with E-state index in [2.05, 4.69) is 5.32 Å². The molecule has 0 saturated carbocycles. The standard InChI is InChI=1S/C12H9FN2OS/c13-9-3-1-8(2-4-9)11-10(7-16)15-5-6-17-12(15)14-11/h1-7,12,14H. The van der Waals surface area contributed by atoms with Gasteiger partial charge in [-0.15, -0.1) is 0 Å². The molecule has 1 atom stereocenters. The molecule has 2 aliphatic heterocycles. The van der Waals surface area contributed by atoms with Crippen LogP contribution in [0.1, 0.15) is 5.56 Å². The lowest BCUT2D eigenvalue weighted by Crippen LogP contribution is -2.27. The highest BCUT2D eigenvalue weighted by atomic mass is 32.2. The molecule has 3 rings (SSSR count). The summed E-state index contributed by atoms with van der Waals surface area (Å²) in [6.07, 6.45) is 2.69. The molecule has 0 amide bonds. The number of hydrogen-bond acceptors (Lipinski definition) is 4. The molecule has 86 valence electrons. The average molecular weight is 248 g/mol. The molecule has 0 fully saturated rings. The van der Waals surface area contributed by atoms with E-state index in [9.17, 15) is 9.18 Å². The largest absolute Gasteiger partial charge is 0.354 e. The van der Waals surface area contributed by atoms with Crippen LogP contribution in [0.25, 0.3) is 5.70 Å². The topological polar surface area (TPSA) is 32.3 Å². The monoisotopic (exact) mass is 248 g/mol. The second kappa shape index (κ2) is 3.92. The van der Waals surface area contributed by atoms with Gasteiger partial charge in [0.25, 0.3) is 0 Å². The number of aldehydes is 1. The van der Waals surface area contributed by atoms with Crippen molar-refractivity contribution < 1.29 is 9.18 Å². The first-order valence-corrected chi connectivity index (χ1v) is 6.06. The minimum Gasteiger partial charge on any atom is -0.354 e. The zero-order valence-electron chi connectivity index (χ0n) is 8.76. The first kappa shape index (κ1) is 10.4. The van der Waals surface area contributed by atoms with E-state index < -0.39 is 0 Å². The van der Waals surface area contributed by atoms with E-state index in [-0.39, 0.29) is 11.3 Å². The Hall–Kier alpha value is -1.75. The van der Waals surface area contributed by atoms with E-state index in [4.69, 9.17) is 0 Å². The summed E-state index contributed by atoms with van der Waals surface area (Å²) >= 11 is 1.59. The first-order valence-electron chi connectivity index (χ1n) is 5.12. The molecular weight excluding hydrogens is 239 g/mol. The van der Waals surface area contributed by atoms with E-state index in [1.54, 1.807) is 23.9 Å². The first-order chi connectivity index (χ1) is 8.29. The molecule has 3 nitrogen and oxygen atoms in total. The van der Waals surface area contributed by atoms with Crippen LogP contribution in [0, 0.1) is 5.82 Å². The number of benzene rings is 1. The average Bonchev–Trinajstić information content (AvgIpc) is 2.89. The zero-order chi connectivity index (χ0) is 11.8. The van der Waals surface area contributed by atoms with E-state index in [1.807, 2.05) is 16.5 Å². The van der Waals surface area contributed by atoms with Crippen LogP contribution < -0.4 is 5.32 Å². The number of halogens is 1. The third-order valence-electron chi connectivity index (χ3n) is 2.73. The van der Waals surface area contributed by atoms with Crippen LogP contribution in [-0.4, -0.2) is 16.7 Å². The van der Waals surface area contributed by atoms with Crippen LogP contribution in [0.2, 0.25) is 0 Å². The summed E-state index contributed by atoms with van der Waals surface area (Å²) in [6.45, 7) is 0. The predicted octanol–water partition coefficient (Wildman–Crippen LogP) is 2.10. The predicted molar refractivity (Wildman–Crippen MR) is 64.9 cm³/mol. The number of carbonyl (C=O) groups excluding carboxylic acids is 1. The smallest absolute Gasteiger partial charge is 0.168 e. The van der Waals surface area contributed by atoms with E-state index in [0.29, 0.717) is 5.70 Å². The Labute approximate surface area is 102 Å². The van der Waals surface area contributed by atoms with Crippen LogP contribution >= 0.6 is 11.8 Å². The SMILES string of the molecule is O=CC1=C(c2ccc(F)cc2)NC2SC=CN12. The van der Waals surface area contributed by atoms with Crippen LogP contribution in [-0.2, 0) is 4.79 Å². The van der Waals surface area contributed by atoms with Crippen molar-refractivity contribution in [1.29, 1.82) is 0 Å². The van der Waals surface area contributed by atoms with E-state index in [0.717, 1.165) is 17.5 Å². The maximum Gasteiger partial charge on any atom is 0.168 e. The second-order valence-corrected chi connectivity index (χ2v) is 4.70. The Morgan fingerprint density at radius 3 is 2.82 bits per heavy atom. The highest BCUT2D eigenvalue weighted by molar-refractivity contribution is 8.02. The zero-order valence-corrected chi connectivity index (χ0v) is 9.58. The van der Waals surface area contributed by atoms with Crippen molar-refractivity contribution in [2.45, 2.75) is 5.50 Å². The van der Waals surface area contributed by atoms with Crippen molar-refractivity contribution >= 4 is 23.7 Å². The lowest BCUT2D eigenvalue weighted by Gasteiger charge is -2.15. The number of carbonyl (C=O) groups is 1. The molecule has 5 heteroatoms. The van der Waals surface area contributed by atoms with E-state index in [1.165, 1.54) is 12.1 Å². The number of nitrogens with zero attached hydrogens (tertiary/aromatic N) is 1. The van der Waals surface area contributed by atoms with Crippen molar-refractivity contribution in [2.75, 3.05) is 0 Å². The van der Waals surface area contributed by atoms with Gasteiger partial charge in [0.15, 0.2) is 11.8 Å². The summed E-state index contributed by atoms with van der Waals surface area (Å²) in [4.78, 5) is 13.0. The van der Waals surface area contributed by atoms with Gasteiger partial charge < -0.3 is 10.2 Å². The number of hydrogen-bond donors (Lipinski definition) is 1. The molecule has 0 spiro atoms. The molecule has 1 aromatic carbocycles. The lowest BCUT2D eigenvalue weighted by atomic mass is 10.1. The van der Waals surface area contributed by atoms with Gasteiger partial charge in [0.1, 0.15) is 11.5 Å². The van der Waals surface area contributed by atoms with Gasteiger partial charge in [-0.3, -0.25) is 4.79 Å². The fourth-order valence-corrected chi connectivity index (χ4v) is 2.77. The molecule has 1 aromatic rings. The van der Waals surface area contributed by atoms with Gasteiger partial charge in [-0.25, -0.2) is 4.39 Å². The number of allylic oxidation sites excluding steroid dienone is 1. The van der Waals surface area contributed by atoms with Gasteiger partial charge in [-0.2, -0.15) is 0 Å².